The zero-order valence-corrected chi connectivity index (χ0v) is 23.8. The van der Waals surface area contributed by atoms with Crippen molar-refractivity contribution in [2.75, 3.05) is 17.2 Å². The van der Waals surface area contributed by atoms with Gasteiger partial charge in [-0.25, -0.2) is 0 Å². The number of nitrogens with one attached hydrogen (secondary N) is 4. The second-order valence-corrected chi connectivity index (χ2v) is 12.1. The third-order valence-corrected chi connectivity index (χ3v) is 7.70. The standard InChI is InChI=1S/C28H28ClF3N10/c1-26(2,3)15-35-23-16(11-33)12-34-24-18(23)9-17(10-20(24)29)38-25(19-13-37-42-22(19)5-4-8-36-42)21-14-41(40-39-21)27(6-7-27)28(30,31)32/h4-5,8-10,12-14,25,38-40H,6-7,15H2,1-3H3,(H,34,35)/t25-/m0/s1. The number of benzene rings is 1. The van der Waals surface area contributed by atoms with Gasteiger partial charge in [-0.1, -0.05) is 32.4 Å². The Morgan fingerprint density at radius 3 is 2.67 bits per heavy atom. The maximum absolute atomic E-state index is 13.9. The first-order valence-electron chi connectivity index (χ1n) is 13.3. The van der Waals surface area contributed by atoms with Crippen molar-refractivity contribution in [3.05, 3.63) is 70.9 Å². The van der Waals surface area contributed by atoms with Crippen LogP contribution in [0.25, 0.3) is 16.4 Å². The summed E-state index contributed by atoms with van der Waals surface area (Å²) in [5, 5.41) is 27.3. The Kier molecular flexibility index (Phi) is 6.58. The van der Waals surface area contributed by atoms with Crippen molar-refractivity contribution < 1.29 is 13.2 Å². The van der Waals surface area contributed by atoms with E-state index in [1.165, 1.54) is 17.0 Å². The van der Waals surface area contributed by atoms with Crippen LogP contribution in [0.4, 0.5) is 24.5 Å². The minimum Gasteiger partial charge on any atom is -0.383 e. The van der Waals surface area contributed by atoms with E-state index < -0.39 is 17.8 Å². The molecule has 4 aromatic rings. The summed E-state index contributed by atoms with van der Waals surface area (Å²) in [4.78, 5) is 4.42. The van der Waals surface area contributed by atoms with Crippen LogP contribution in [0.3, 0.4) is 0 Å². The van der Waals surface area contributed by atoms with E-state index in [0.717, 1.165) is 5.01 Å². The van der Waals surface area contributed by atoms with Gasteiger partial charge in [-0.15, -0.1) is 5.53 Å². The molecule has 10 nitrogen and oxygen atoms in total. The Bertz CT molecular complexity index is 1750. The van der Waals surface area contributed by atoms with E-state index in [4.69, 9.17) is 11.6 Å². The molecule has 1 aliphatic heterocycles. The molecule has 0 spiro atoms. The summed E-state index contributed by atoms with van der Waals surface area (Å²) in [5.41, 5.74) is 7.43. The van der Waals surface area contributed by atoms with Crippen LogP contribution in [0.1, 0.15) is 50.8 Å². The van der Waals surface area contributed by atoms with Crippen molar-refractivity contribution >= 4 is 39.4 Å². The highest BCUT2D eigenvalue weighted by Crippen LogP contribution is 2.53. The molecule has 0 unspecified atom stereocenters. The average molecular weight is 597 g/mol. The predicted octanol–water partition coefficient (Wildman–Crippen LogP) is 5.67. The number of rotatable bonds is 7. The van der Waals surface area contributed by atoms with Gasteiger partial charge in [-0.3, -0.25) is 9.99 Å². The zero-order chi connectivity index (χ0) is 29.9. The quantitative estimate of drug-likeness (QED) is 0.214. The number of pyridine rings is 1. The topological polar surface area (TPSA) is 118 Å². The lowest BCUT2D eigenvalue weighted by Crippen LogP contribution is -2.52. The lowest BCUT2D eigenvalue weighted by molar-refractivity contribution is -0.195. The molecule has 1 aliphatic carbocycles. The molecular formula is C28H28ClF3N10. The molecule has 0 amide bonds. The third kappa shape index (κ3) is 4.90. The lowest BCUT2D eigenvalue weighted by Gasteiger charge is -2.28. The third-order valence-electron chi connectivity index (χ3n) is 7.41. The molecule has 0 radical (unpaired) electrons. The number of nitrogens with zero attached hydrogens (tertiary/aromatic N) is 6. The van der Waals surface area contributed by atoms with Gasteiger partial charge in [0, 0.05) is 41.8 Å². The molecule has 2 aliphatic rings. The molecule has 4 N–H and O–H groups in total. The molecule has 0 bridgehead atoms. The van der Waals surface area contributed by atoms with Crippen LogP contribution in [-0.4, -0.2) is 43.1 Å². The first-order valence-corrected chi connectivity index (χ1v) is 13.7. The summed E-state index contributed by atoms with van der Waals surface area (Å²) in [7, 11) is 0. The monoisotopic (exact) mass is 596 g/mol. The van der Waals surface area contributed by atoms with Gasteiger partial charge in [0.05, 0.1) is 45.2 Å². The van der Waals surface area contributed by atoms with Crippen molar-refractivity contribution in [1.29, 1.82) is 5.26 Å². The molecule has 14 heteroatoms. The minimum absolute atomic E-state index is 0.00740. The van der Waals surface area contributed by atoms with Gasteiger partial charge in [-0.2, -0.15) is 33.3 Å². The summed E-state index contributed by atoms with van der Waals surface area (Å²) >= 11 is 6.71. The number of halogens is 4. The average Bonchev–Trinajstić information content (AvgIpc) is 3.43. The Hall–Kier alpha value is -4.28. The number of hydrogen-bond acceptors (Lipinski definition) is 9. The highest BCUT2D eigenvalue weighted by atomic mass is 35.5. The van der Waals surface area contributed by atoms with E-state index in [-0.39, 0.29) is 18.3 Å². The Balaban J connectivity index is 1.44. The van der Waals surface area contributed by atoms with Crippen LogP contribution in [-0.2, 0) is 0 Å². The van der Waals surface area contributed by atoms with Crippen LogP contribution in [0.5, 0.6) is 0 Å². The fourth-order valence-corrected chi connectivity index (χ4v) is 5.29. The van der Waals surface area contributed by atoms with Crippen molar-refractivity contribution in [2.45, 2.75) is 51.4 Å². The predicted molar refractivity (Wildman–Crippen MR) is 153 cm³/mol. The van der Waals surface area contributed by atoms with Crippen molar-refractivity contribution in [3.63, 3.8) is 0 Å². The molecule has 218 valence electrons. The van der Waals surface area contributed by atoms with Crippen molar-refractivity contribution in [2.24, 2.45) is 5.41 Å². The molecule has 0 saturated heterocycles. The summed E-state index contributed by atoms with van der Waals surface area (Å²) < 4.78 is 43.2. The number of anilines is 2. The van der Waals surface area contributed by atoms with E-state index >= 15 is 0 Å². The van der Waals surface area contributed by atoms with Crippen LogP contribution in [0.15, 0.2) is 54.8 Å². The van der Waals surface area contributed by atoms with Gasteiger partial charge >= 0.3 is 6.18 Å². The maximum Gasteiger partial charge on any atom is 0.413 e. The largest absolute Gasteiger partial charge is 0.413 e. The summed E-state index contributed by atoms with van der Waals surface area (Å²) in [5.74, 6) is 0. The van der Waals surface area contributed by atoms with Gasteiger partial charge in [0.2, 0.25) is 0 Å². The van der Waals surface area contributed by atoms with Crippen LogP contribution >= 0.6 is 11.6 Å². The maximum atomic E-state index is 13.9. The lowest BCUT2D eigenvalue weighted by atomic mass is 9.96. The fraction of sp³-hybridized carbons (Fsp3) is 0.357. The molecule has 1 aromatic carbocycles. The van der Waals surface area contributed by atoms with Gasteiger partial charge < -0.3 is 16.1 Å². The van der Waals surface area contributed by atoms with Gasteiger partial charge in [0.1, 0.15) is 6.07 Å². The summed E-state index contributed by atoms with van der Waals surface area (Å²) in [6, 6.07) is 8.63. The van der Waals surface area contributed by atoms with Crippen LogP contribution < -0.4 is 21.6 Å². The van der Waals surface area contributed by atoms with Gasteiger partial charge in [0.15, 0.2) is 5.54 Å². The fourth-order valence-electron chi connectivity index (χ4n) is 5.02. The van der Waals surface area contributed by atoms with E-state index in [0.29, 0.717) is 56.2 Å². The minimum atomic E-state index is -4.40. The number of alkyl halides is 3. The number of fused-ring (bicyclic) bond motifs is 2. The van der Waals surface area contributed by atoms with Crippen molar-refractivity contribution in [3.8, 4) is 6.07 Å². The van der Waals surface area contributed by atoms with E-state index in [2.05, 4.69) is 63.6 Å². The molecule has 1 saturated carbocycles. The van der Waals surface area contributed by atoms with Crippen LogP contribution in [0, 0.1) is 16.7 Å². The molecule has 1 fully saturated rings. The molecule has 3 aromatic heterocycles. The SMILES string of the molecule is CC(C)(C)CNc1c(C#N)cnc2c(Cl)cc(N[C@H](C3=CN(C4(C(F)(F)F)CC4)NN3)c3cnn4ncccc34)cc12. The Morgan fingerprint density at radius 2 is 1.98 bits per heavy atom. The Morgan fingerprint density at radius 1 is 1.19 bits per heavy atom. The van der Waals surface area contributed by atoms with E-state index in [9.17, 15) is 18.4 Å². The molecular weight excluding hydrogens is 569 g/mol. The van der Waals surface area contributed by atoms with Crippen LogP contribution in [0.2, 0.25) is 5.02 Å². The summed E-state index contributed by atoms with van der Waals surface area (Å²) in [6.07, 6.45) is 1.72. The molecule has 42 heavy (non-hydrogen) atoms. The molecule has 1 atom stereocenters. The second kappa shape index (κ2) is 9.92. The first-order chi connectivity index (χ1) is 19.9. The highest BCUT2D eigenvalue weighted by molar-refractivity contribution is 6.35. The summed E-state index contributed by atoms with van der Waals surface area (Å²) in [6.45, 7) is 6.83. The first kappa shape index (κ1) is 27.9. The second-order valence-electron chi connectivity index (χ2n) is 11.7. The molecule has 4 heterocycles. The highest BCUT2D eigenvalue weighted by Gasteiger charge is 2.67. The van der Waals surface area contributed by atoms with E-state index in [1.807, 2.05) is 12.1 Å². The zero-order valence-electron chi connectivity index (χ0n) is 23.0. The number of aromatic nitrogens is 4. The van der Waals surface area contributed by atoms with Gasteiger partial charge in [0.25, 0.3) is 0 Å². The molecule has 6 rings (SSSR count). The Labute approximate surface area is 244 Å². The van der Waals surface area contributed by atoms with E-state index in [1.54, 1.807) is 24.5 Å². The normalized spacial score (nSPS) is 17.1. The number of hydrazine groups is 2. The van der Waals surface area contributed by atoms with Gasteiger partial charge in [-0.05, 0) is 42.5 Å². The number of nitriles is 1. The number of hydrogen-bond donors (Lipinski definition) is 4. The smallest absolute Gasteiger partial charge is 0.383 e. The van der Waals surface area contributed by atoms with Crippen molar-refractivity contribution in [1.82, 2.24) is 35.8 Å².